The SMILES string of the molecule is CC1NC(=O)CN(Cc2cc(F)cc(Br)c2)C1=O. The molecule has 1 heterocycles. The highest BCUT2D eigenvalue weighted by molar-refractivity contribution is 9.10. The van der Waals surface area contributed by atoms with Gasteiger partial charge >= 0.3 is 0 Å². The van der Waals surface area contributed by atoms with Gasteiger partial charge < -0.3 is 10.2 Å². The number of nitrogens with one attached hydrogen (secondary N) is 1. The van der Waals surface area contributed by atoms with Crippen molar-refractivity contribution in [2.24, 2.45) is 0 Å². The van der Waals surface area contributed by atoms with Crippen LogP contribution >= 0.6 is 15.9 Å². The summed E-state index contributed by atoms with van der Waals surface area (Å²) in [5, 5.41) is 2.55. The molecular weight excluding hydrogens is 303 g/mol. The number of hydrogen-bond acceptors (Lipinski definition) is 2. The summed E-state index contributed by atoms with van der Waals surface area (Å²) in [6, 6.07) is 3.91. The molecule has 1 fully saturated rings. The number of carbonyl (C=O) groups is 2. The lowest BCUT2D eigenvalue weighted by Crippen LogP contribution is -2.56. The maximum Gasteiger partial charge on any atom is 0.245 e. The first-order valence-electron chi connectivity index (χ1n) is 5.49. The lowest BCUT2D eigenvalue weighted by molar-refractivity contribution is -0.144. The van der Waals surface area contributed by atoms with Crippen LogP contribution in [0, 0.1) is 5.82 Å². The second kappa shape index (κ2) is 5.06. The molecule has 2 amide bonds. The van der Waals surface area contributed by atoms with Crippen molar-refractivity contribution in [3.8, 4) is 0 Å². The van der Waals surface area contributed by atoms with Crippen molar-refractivity contribution in [2.45, 2.75) is 19.5 Å². The van der Waals surface area contributed by atoms with Gasteiger partial charge in [-0.1, -0.05) is 15.9 Å². The van der Waals surface area contributed by atoms with Crippen LogP contribution in [0.5, 0.6) is 0 Å². The standard InChI is InChI=1S/C12H12BrFN2O2/c1-7-12(18)16(6-11(17)15-7)5-8-2-9(13)4-10(14)3-8/h2-4,7H,5-6H2,1H3,(H,15,17). The predicted octanol–water partition coefficient (Wildman–Crippen LogP) is 1.44. The number of carbonyl (C=O) groups excluding carboxylic acids is 2. The molecule has 0 saturated carbocycles. The summed E-state index contributed by atoms with van der Waals surface area (Å²) in [4.78, 5) is 24.6. The Balaban J connectivity index is 2.17. The summed E-state index contributed by atoms with van der Waals surface area (Å²) in [7, 11) is 0. The number of hydrogen-bond donors (Lipinski definition) is 1. The minimum Gasteiger partial charge on any atom is -0.343 e. The van der Waals surface area contributed by atoms with Crippen molar-refractivity contribution in [1.29, 1.82) is 0 Å². The molecule has 0 aliphatic carbocycles. The van der Waals surface area contributed by atoms with Crippen molar-refractivity contribution in [1.82, 2.24) is 10.2 Å². The lowest BCUT2D eigenvalue weighted by atomic mass is 10.1. The van der Waals surface area contributed by atoms with Gasteiger partial charge in [-0.3, -0.25) is 9.59 Å². The van der Waals surface area contributed by atoms with Gasteiger partial charge in [0.25, 0.3) is 0 Å². The van der Waals surface area contributed by atoms with E-state index in [1.165, 1.54) is 17.0 Å². The molecule has 96 valence electrons. The van der Waals surface area contributed by atoms with Gasteiger partial charge in [-0.2, -0.15) is 0 Å². The normalized spacial score (nSPS) is 19.9. The van der Waals surface area contributed by atoms with Gasteiger partial charge in [-0.25, -0.2) is 4.39 Å². The molecule has 1 unspecified atom stereocenters. The van der Waals surface area contributed by atoms with Crippen LogP contribution in [0.3, 0.4) is 0 Å². The van der Waals surface area contributed by atoms with E-state index in [9.17, 15) is 14.0 Å². The summed E-state index contributed by atoms with van der Waals surface area (Å²) in [5.74, 6) is -0.728. The van der Waals surface area contributed by atoms with Gasteiger partial charge in [-0.05, 0) is 30.7 Å². The van der Waals surface area contributed by atoms with Crippen molar-refractivity contribution < 1.29 is 14.0 Å². The first-order chi connectivity index (χ1) is 8.45. The highest BCUT2D eigenvalue weighted by Crippen LogP contribution is 2.17. The maximum atomic E-state index is 13.2. The van der Waals surface area contributed by atoms with Gasteiger partial charge in [0.15, 0.2) is 0 Å². The van der Waals surface area contributed by atoms with Crippen LogP contribution in [0.15, 0.2) is 22.7 Å². The Morgan fingerprint density at radius 1 is 1.44 bits per heavy atom. The molecule has 1 aliphatic heterocycles. The number of piperazine rings is 1. The molecule has 1 aromatic rings. The summed E-state index contributed by atoms with van der Waals surface area (Å²) in [6.45, 7) is 1.87. The van der Waals surface area contributed by atoms with Crippen LogP contribution < -0.4 is 5.32 Å². The van der Waals surface area contributed by atoms with E-state index >= 15 is 0 Å². The van der Waals surface area contributed by atoms with Crippen molar-refractivity contribution in [2.75, 3.05) is 6.54 Å². The predicted molar refractivity (Wildman–Crippen MR) is 67.1 cm³/mol. The molecular formula is C12H12BrFN2O2. The molecule has 6 heteroatoms. The first-order valence-corrected chi connectivity index (χ1v) is 6.28. The number of rotatable bonds is 2. The van der Waals surface area contributed by atoms with Crippen LogP contribution in [0.25, 0.3) is 0 Å². The lowest BCUT2D eigenvalue weighted by Gasteiger charge is -2.30. The Morgan fingerprint density at radius 3 is 2.83 bits per heavy atom. The molecule has 1 aromatic carbocycles. The van der Waals surface area contributed by atoms with E-state index < -0.39 is 6.04 Å². The Kier molecular flexibility index (Phi) is 3.65. The zero-order valence-corrected chi connectivity index (χ0v) is 11.3. The molecule has 1 aliphatic rings. The van der Waals surface area contributed by atoms with E-state index in [4.69, 9.17) is 0 Å². The quantitative estimate of drug-likeness (QED) is 0.898. The molecule has 0 bridgehead atoms. The Bertz CT molecular complexity index is 487. The average molecular weight is 315 g/mol. The minimum absolute atomic E-state index is 0.0112. The van der Waals surface area contributed by atoms with Gasteiger partial charge in [0, 0.05) is 11.0 Å². The van der Waals surface area contributed by atoms with E-state index in [2.05, 4.69) is 21.2 Å². The number of nitrogens with zero attached hydrogens (tertiary/aromatic N) is 1. The highest BCUT2D eigenvalue weighted by Gasteiger charge is 2.29. The Labute approximate surface area is 112 Å². The fraction of sp³-hybridized carbons (Fsp3) is 0.333. The van der Waals surface area contributed by atoms with Crippen molar-refractivity contribution in [3.63, 3.8) is 0 Å². The molecule has 4 nitrogen and oxygen atoms in total. The molecule has 0 spiro atoms. The second-order valence-corrected chi connectivity index (χ2v) is 5.18. The van der Waals surface area contributed by atoms with Gasteiger partial charge in [-0.15, -0.1) is 0 Å². The molecule has 2 rings (SSSR count). The average Bonchev–Trinajstić information content (AvgIpc) is 2.23. The van der Waals surface area contributed by atoms with E-state index in [0.717, 1.165) is 0 Å². The van der Waals surface area contributed by atoms with Gasteiger partial charge in [0.2, 0.25) is 11.8 Å². The van der Waals surface area contributed by atoms with Crippen molar-refractivity contribution >= 4 is 27.7 Å². The van der Waals surface area contributed by atoms with Gasteiger partial charge in [0.1, 0.15) is 11.9 Å². The summed E-state index contributed by atoms with van der Waals surface area (Å²) in [5.41, 5.74) is 0.650. The summed E-state index contributed by atoms with van der Waals surface area (Å²) >= 11 is 3.19. The maximum absolute atomic E-state index is 13.2. The van der Waals surface area contributed by atoms with Gasteiger partial charge in [0.05, 0.1) is 6.54 Å². The molecule has 0 radical (unpaired) electrons. The minimum atomic E-state index is -0.525. The van der Waals surface area contributed by atoms with Crippen LogP contribution in [0.1, 0.15) is 12.5 Å². The molecule has 1 atom stereocenters. The largest absolute Gasteiger partial charge is 0.343 e. The van der Waals surface area contributed by atoms with Crippen molar-refractivity contribution in [3.05, 3.63) is 34.1 Å². The first kappa shape index (κ1) is 13.0. The third-order valence-electron chi connectivity index (χ3n) is 2.69. The second-order valence-electron chi connectivity index (χ2n) is 4.26. The Morgan fingerprint density at radius 2 is 2.17 bits per heavy atom. The van der Waals surface area contributed by atoms with Crippen LogP contribution in [0.2, 0.25) is 0 Å². The zero-order chi connectivity index (χ0) is 13.3. The van der Waals surface area contributed by atoms with E-state index in [0.29, 0.717) is 10.0 Å². The third-order valence-corrected chi connectivity index (χ3v) is 3.15. The topological polar surface area (TPSA) is 49.4 Å². The molecule has 0 aromatic heterocycles. The van der Waals surface area contributed by atoms with Crippen LogP contribution in [0.4, 0.5) is 4.39 Å². The molecule has 1 N–H and O–H groups in total. The highest BCUT2D eigenvalue weighted by atomic mass is 79.9. The molecule has 18 heavy (non-hydrogen) atoms. The van der Waals surface area contributed by atoms with Crippen LogP contribution in [-0.4, -0.2) is 29.3 Å². The zero-order valence-electron chi connectivity index (χ0n) is 9.74. The Hall–Kier alpha value is -1.43. The number of halogens is 2. The fourth-order valence-electron chi connectivity index (χ4n) is 1.93. The molecule has 1 saturated heterocycles. The number of benzene rings is 1. The summed E-state index contributed by atoms with van der Waals surface area (Å²) < 4.78 is 13.8. The monoisotopic (exact) mass is 314 g/mol. The fourth-order valence-corrected chi connectivity index (χ4v) is 2.44. The van der Waals surface area contributed by atoms with E-state index in [1.807, 2.05) is 0 Å². The number of amides is 2. The van der Waals surface area contributed by atoms with Crippen LogP contribution in [-0.2, 0) is 16.1 Å². The summed E-state index contributed by atoms with van der Waals surface area (Å²) in [6.07, 6.45) is 0. The van der Waals surface area contributed by atoms with E-state index in [1.54, 1.807) is 13.0 Å². The smallest absolute Gasteiger partial charge is 0.245 e. The third kappa shape index (κ3) is 2.87. The van der Waals surface area contributed by atoms with E-state index in [-0.39, 0.29) is 30.7 Å².